The summed E-state index contributed by atoms with van der Waals surface area (Å²) in [6.45, 7) is 4.36. The molecule has 1 unspecified atom stereocenters. The van der Waals surface area contributed by atoms with Crippen molar-refractivity contribution in [2.45, 2.75) is 13.0 Å². The highest BCUT2D eigenvalue weighted by Gasteiger charge is 2.26. The maximum absolute atomic E-state index is 12.4. The summed E-state index contributed by atoms with van der Waals surface area (Å²) in [6.07, 6.45) is 1.57. The molecule has 0 saturated carbocycles. The lowest BCUT2D eigenvalue weighted by Gasteiger charge is -2.38. The second-order valence-corrected chi connectivity index (χ2v) is 5.00. The Bertz CT molecular complexity index is 530. The van der Waals surface area contributed by atoms with E-state index in [1.165, 1.54) is 0 Å². The minimum atomic E-state index is -0.181. The second kappa shape index (κ2) is 6.51. The van der Waals surface area contributed by atoms with Gasteiger partial charge >= 0.3 is 0 Å². The van der Waals surface area contributed by atoms with Gasteiger partial charge in [-0.3, -0.25) is 4.79 Å². The maximum atomic E-state index is 12.4. The summed E-state index contributed by atoms with van der Waals surface area (Å²) >= 11 is 0. The summed E-state index contributed by atoms with van der Waals surface area (Å²) in [5.74, 6) is 5.28. The summed E-state index contributed by atoms with van der Waals surface area (Å²) in [6, 6.07) is 3.63. The lowest BCUT2D eigenvalue weighted by Crippen LogP contribution is -2.52. The van der Waals surface area contributed by atoms with Crippen LogP contribution in [0.25, 0.3) is 0 Å². The number of piperazine rings is 1. The van der Waals surface area contributed by atoms with Crippen molar-refractivity contribution in [2.75, 3.05) is 33.3 Å². The highest BCUT2D eigenvalue weighted by Crippen LogP contribution is 2.12. The maximum Gasteiger partial charge on any atom is 0.272 e. The number of aliphatic hydroxyl groups is 1. The third-order valence-electron chi connectivity index (χ3n) is 3.39. The number of aliphatic hydroxyl groups excluding tert-OH is 1. The summed E-state index contributed by atoms with van der Waals surface area (Å²) in [5.41, 5.74) is 1.14. The zero-order chi connectivity index (χ0) is 14.5. The molecule has 0 aromatic carbocycles. The fourth-order valence-electron chi connectivity index (χ4n) is 2.32. The normalized spacial score (nSPS) is 19.4. The van der Waals surface area contributed by atoms with Crippen molar-refractivity contribution >= 4 is 5.91 Å². The molecule has 0 aliphatic carbocycles. The van der Waals surface area contributed by atoms with Crippen molar-refractivity contribution in [1.82, 2.24) is 14.8 Å². The van der Waals surface area contributed by atoms with Crippen LogP contribution in [0.5, 0.6) is 0 Å². The number of pyridine rings is 1. The molecule has 1 aliphatic rings. The first kappa shape index (κ1) is 14.5. The van der Waals surface area contributed by atoms with Crippen LogP contribution >= 0.6 is 0 Å². The molecule has 5 nitrogen and oxygen atoms in total. The predicted molar refractivity (Wildman–Crippen MR) is 76.2 cm³/mol. The molecule has 0 bridgehead atoms. The van der Waals surface area contributed by atoms with E-state index in [1.54, 1.807) is 18.3 Å². The van der Waals surface area contributed by atoms with Crippen molar-refractivity contribution in [3.63, 3.8) is 0 Å². The van der Waals surface area contributed by atoms with Crippen LogP contribution < -0.4 is 0 Å². The number of amides is 1. The van der Waals surface area contributed by atoms with Gasteiger partial charge < -0.3 is 14.9 Å². The van der Waals surface area contributed by atoms with E-state index < -0.39 is 0 Å². The molecule has 0 spiro atoms. The van der Waals surface area contributed by atoms with Crippen molar-refractivity contribution in [3.8, 4) is 11.8 Å². The van der Waals surface area contributed by atoms with Gasteiger partial charge in [0, 0.05) is 37.4 Å². The van der Waals surface area contributed by atoms with Crippen molar-refractivity contribution in [3.05, 3.63) is 29.6 Å². The van der Waals surface area contributed by atoms with E-state index in [1.807, 2.05) is 4.90 Å². The molecular formula is C15H19N3O2. The van der Waals surface area contributed by atoms with Crippen LogP contribution in [0.1, 0.15) is 23.0 Å². The minimum Gasteiger partial charge on any atom is -0.384 e. The molecule has 5 heteroatoms. The van der Waals surface area contributed by atoms with Crippen molar-refractivity contribution < 1.29 is 9.90 Å². The number of rotatable bonds is 1. The highest BCUT2D eigenvalue weighted by atomic mass is 16.2. The average Bonchev–Trinajstić information content (AvgIpc) is 2.45. The summed E-state index contributed by atoms with van der Waals surface area (Å²) in [4.78, 5) is 20.7. The quantitative estimate of drug-likeness (QED) is 0.743. The average molecular weight is 273 g/mol. The Morgan fingerprint density at radius 3 is 2.90 bits per heavy atom. The van der Waals surface area contributed by atoms with Gasteiger partial charge in [-0.05, 0) is 26.1 Å². The SMILES string of the molecule is CC1CN(C)CCN1C(=O)c1ccc(C#CCO)cn1. The van der Waals surface area contributed by atoms with Crippen LogP contribution in [-0.2, 0) is 0 Å². The first-order valence-electron chi connectivity index (χ1n) is 6.67. The fraction of sp³-hybridized carbons (Fsp3) is 0.467. The molecule has 1 atom stereocenters. The van der Waals surface area contributed by atoms with Gasteiger partial charge in [-0.25, -0.2) is 4.98 Å². The largest absolute Gasteiger partial charge is 0.384 e. The first-order valence-corrected chi connectivity index (χ1v) is 6.67. The highest BCUT2D eigenvalue weighted by molar-refractivity contribution is 5.92. The molecule has 1 aromatic rings. The Morgan fingerprint density at radius 1 is 1.50 bits per heavy atom. The Morgan fingerprint density at radius 2 is 2.30 bits per heavy atom. The molecule has 2 heterocycles. The number of nitrogens with zero attached hydrogens (tertiary/aromatic N) is 3. The fourth-order valence-corrected chi connectivity index (χ4v) is 2.32. The van der Waals surface area contributed by atoms with Gasteiger partial charge in [0.2, 0.25) is 0 Å². The van der Waals surface area contributed by atoms with E-state index in [0.29, 0.717) is 11.3 Å². The molecule has 1 aliphatic heterocycles. The van der Waals surface area contributed by atoms with Gasteiger partial charge in [-0.2, -0.15) is 0 Å². The van der Waals surface area contributed by atoms with E-state index in [-0.39, 0.29) is 18.6 Å². The second-order valence-electron chi connectivity index (χ2n) is 5.00. The van der Waals surface area contributed by atoms with E-state index in [2.05, 4.69) is 35.7 Å². The number of carbonyl (C=O) groups excluding carboxylic acids is 1. The number of aromatic nitrogens is 1. The standard InChI is InChI=1S/C15H19N3O2/c1-12-11-17(2)7-8-18(12)15(20)14-6-5-13(10-16-14)4-3-9-19/h5-6,10,12,19H,7-9,11H2,1-2H3. The van der Waals surface area contributed by atoms with Crippen LogP contribution in [-0.4, -0.2) is 65.1 Å². The smallest absolute Gasteiger partial charge is 0.272 e. The molecule has 20 heavy (non-hydrogen) atoms. The number of carbonyl (C=O) groups is 1. The molecule has 106 valence electrons. The van der Waals surface area contributed by atoms with Gasteiger partial charge in [-0.1, -0.05) is 11.8 Å². The Labute approximate surface area is 119 Å². The van der Waals surface area contributed by atoms with Crippen LogP contribution in [0.2, 0.25) is 0 Å². The molecule has 2 rings (SSSR count). The predicted octanol–water partition coefficient (Wildman–Crippen LogP) is 0.202. The molecule has 1 N–H and O–H groups in total. The third kappa shape index (κ3) is 3.35. The van der Waals surface area contributed by atoms with E-state index in [9.17, 15) is 4.79 Å². The molecule has 1 fully saturated rings. The number of hydrogen-bond donors (Lipinski definition) is 1. The topological polar surface area (TPSA) is 56.7 Å². The molecular weight excluding hydrogens is 254 g/mol. The zero-order valence-electron chi connectivity index (χ0n) is 11.8. The van der Waals surface area contributed by atoms with E-state index >= 15 is 0 Å². The molecule has 1 aromatic heterocycles. The van der Waals surface area contributed by atoms with Gasteiger partial charge in [0.15, 0.2) is 0 Å². The van der Waals surface area contributed by atoms with Crippen LogP contribution in [0.15, 0.2) is 18.3 Å². The van der Waals surface area contributed by atoms with E-state index in [4.69, 9.17) is 5.11 Å². The van der Waals surface area contributed by atoms with Crippen LogP contribution in [0, 0.1) is 11.8 Å². The number of likely N-dealkylation sites (N-methyl/N-ethyl adjacent to an activating group) is 1. The molecule has 0 radical (unpaired) electrons. The number of hydrogen-bond acceptors (Lipinski definition) is 4. The lowest BCUT2D eigenvalue weighted by molar-refractivity contribution is 0.0528. The van der Waals surface area contributed by atoms with Crippen molar-refractivity contribution in [1.29, 1.82) is 0 Å². The third-order valence-corrected chi connectivity index (χ3v) is 3.39. The zero-order valence-corrected chi connectivity index (χ0v) is 11.8. The van der Waals surface area contributed by atoms with E-state index in [0.717, 1.165) is 19.6 Å². The Kier molecular flexibility index (Phi) is 4.72. The summed E-state index contributed by atoms with van der Waals surface area (Å²) in [5, 5.41) is 8.63. The van der Waals surface area contributed by atoms with Crippen LogP contribution in [0.3, 0.4) is 0 Å². The van der Waals surface area contributed by atoms with Gasteiger partial charge in [0.25, 0.3) is 5.91 Å². The Balaban J connectivity index is 2.09. The molecule has 1 amide bonds. The minimum absolute atomic E-state index is 0.0349. The lowest BCUT2D eigenvalue weighted by atomic mass is 10.1. The Hall–Kier alpha value is -1.90. The summed E-state index contributed by atoms with van der Waals surface area (Å²) < 4.78 is 0. The van der Waals surface area contributed by atoms with Gasteiger partial charge in [0.1, 0.15) is 12.3 Å². The first-order chi connectivity index (χ1) is 9.61. The van der Waals surface area contributed by atoms with Gasteiger partial charge in [-0.15, -0.1) is 0 Å². The van der Waals surface area contributed by atoms with Gasteiger partial charge in [0.05, 0.1) is 0 Å². The monoisotopic (exact) mass is 273 g/mol. The van der Waals surface area contributed by atoms with Crippen LogP contribution in [0.4, 0.5) is 0 Å². The van der Waals surface area contributed by atoms with Crippen molar-refractivity contribution in [2.24, 2.45) is 0 Å². The summed E-state index contributed by atoms with van der Waals surface area (Å²) in [7, 11) is 2.06. The molecule has 1 saturated heterocycles.